The SMILES string of the molecule is C[C](C)CN1CCN(Cc2cccnc2)CC1. The Morgan fingerprint density at radius 3 is 2.47 bits per heavy atom. The van der Waals surface area contributed by atoms with E-state index in [2.05, 4.69) is 34.7 Å². The Labute approximate surface area is 104 Å². The molecule has 3 nitrogen and oxygen atoms in total. The van der Waals surface area contributed by atoms with Crippen LogP contribution >= 0.6 is 0 Å². The average Bonchev–Trinajstić information content (AvgIpc) is 2.32. The van der Waals surface area contributed by atoms with Crippen molar-refractivity contribution in [2.24, 2.45) is 0 Å². The summed E-state index contributed by atoms with van der Waals surface area (Å²) in [5.74, 6) is 1.51. The number of aromatic nitrogens is 1. The molecule has 0 aromatic carbocycles. The van der Waals surface area contributed by atoms with Crippen LogP contribution in [0.15, 0.2) is 24.5 Å². The maximum Gasteiger partial charge on any atom is 0.0312 e. The molecule has 3 heteroatoms. The molecule has 0 N–H and O–H groups in total. The molecule has 0 aliphatic carbocycles. The third-order valence-electron chi connectivity index (χ3n) is 3.13. The zero-order valence-corrected chi connectivity index (χ0v) is 10.9. The van der Waals surface area contributed by atoms with Crippen molar-refractivity contribution in [2.45, 2.75) is 20.4 Å². The van der Waals surface area contributed by atoms with E-state index < -0.39 is 0 Å². The van der Waals surface area contributed by atoms with Gasteiger partial charge in [0, 0.05) is 51.7 Å². The lowest BCUT2D eigenvalue weighted by atomic mass is 10.2. The van der Waals surface area contributed by atoms with Crippen LogP contribution in [0.5, 0.6) is 0 Å². The van der Waals surface area contributed by atoms with Gasteiger partial charge in [-0.25, -0.2) is 0 Å². The minimum Gasteiger partial charge on any atom is -0.300 e. The molecule has 1 radical (unpaired) electrons. The van der Waals surface area contributed by atoms with Crippen molar-refractivity contribution in [1.82, 2.24) is 14.8 Å². The summed E-state index contributed by atoms with van der Waals surface area (Å²) < 4.78 is 0. The summed E-state index contributed by atoms with van der Waals surface area (Å²) in [4.78, 5) is 9.21. The van der Waals surface area contributed by atoms with Gasteiger partial charge in [-0.2, -0.15) is 0 Å². The minimum atomic E-state index is 1.04. The number of hydrogen-bond donors (Lipinski definition) is 0. The quantitative estimate of drug-likeness (QED) is 0.789. The third-order valence-corrected chi connectivity index (χ3v) is 3.13. The van der Waals surface area contributed by atoms with Crippen molar-refractivity contribution in [1.29, 1.82) is 0 Å². The van der Waals surface area contributed by atoms with Gasteiger partial charge in [-0.15, -0.1) is 0 Å². The lowest BCUT2D eigenvalue weighted by Gasteiger charge is -2.35. The van der Waals surface area contributed by atoms with Gasteiger partial charge in [-0.05, 0) is 17.5 Å². The highest BCUT2D eigenvalue weighted by Crippen LogP contribution is 2.09. The Kier molecular flexibility index (Phi) is 4.51. The molecule has 0 unspecified atom stereocenters. The molecule has 17 heavy (non-hydrogen) atoms. The average molecular weight is 232 g/mol. The summed E-state index contributed by atoms with van der Waals surface area (Å²) in [5.41, 5.74) is 1.32. The zero-order valence-electron chi connectivity index (χ0n) is 10.9. The summed E-state index contributed by atoms with van der Waals surface area (Å²) in [6, 6.07) is 4.17. The second kappa shape index (κ2) is 6.12. The first kappa shape index (κ1) is 12.5. The van der Waals surface area contributed by atoms with Crippen LogP contribution < -0.4 is 0 Å². The fourth-order valence-corrected chi connectivity index (χ4v) is 2.30. The minimum absolute atomic E-state index is 1.04. The molecular formula is C14H22N3. The van der Waals surface area contributed by atoms with E-state index >= 15 is 0 Å². The lowest BCUT2D eigenvalue weighted by Crippen LogP contribution is -2.46. The monoisotopic (exact) mass is 232 g/mol. The maximum absolute atomic E-state index is 4.16. The molecule has 2 rings (SSSR count). The largest absolute Gasteiger partial charge is 0.300 e. The van der Waals surface area contributed by atoms with Gasteiger partial charge in [0.1, 0.15) is 0 Å². The van der Waals surface area contributed by atoms with Crippen LogP contribution in [0.3, 0.4) is 0 Å². The number of nitrogens with zero attached hydrogens (tertiary/aromatic N) is 3. The van der Waals surface area contributed by atoms with Crippen LogP contribution in [0.4, 0.5) is 0 Å². The fourth-order valence-electron chi connectivity index (χ4n) is 2.30. The first-order valence-corrected chi connectivity index (χ1v) is 6.36. The molecule has 0 saturated carbocycles. The van der Waals surface area contributed by atoms with Crippen molar-refractivity contribution in [2.75, 3.05) is 32.7 Å². The van der Waals surface area contributed by atoms with Crippen molar-refractivity contribution in [3.05, 3.63) is 36.0 Å². The molecule has 93 valence electrons. The first-order chi connectivity index (χ1) is 8.24. The normalized spacial score (nSPS) is 18.8. The maximum atomic E-state index is 4.16. The van der Waals surface area contributed by atoms with Gasteiger partial charge >= 0.3 is 0 Å². The number of hydrogen-bond acceptors (Lipinski definition) is 3. The van der Waals surface area contributed by atoms with Crippen molar-refractivity contribution in [3.63, 3.8) is 0 Å². The van der Waals surface area contributed by atoms with Crippen LogP contribution in [-0.2, 0) is 6.54 Å². The van der Waals surface area contributed by atoms with Crippen molar-refractivity contribution in [3.8, 4) is 0 Å². The molecule has 1 aliphatic rings. The molecule has 1 fully saturated rings. The summed E-state index contributed by atoms with van der Waals surface area (Å²) in [6.45, 7) is 11.3. The van der Waals surface area contributed by atoms with Gasteiger partial charge in [0.15, 0.2) is 0 Å². The van der Waals surface area contributed by atoms with E-state index in [-0.39, 0.29) is 0 Å². The predicted octanol–water partition coefficient (Wildman–Crippen LogP) is 1.81. The summed E-state index contributed by atoms with van der Waals surface area (Å²) in [7, 11) is 0. The van der Waals surface area contributed by atoms with Crippen LogP contribution in [0.2, 0.25) is 0 Å². The standard InChI is InChI=1S/C14H22N3/c1-13(2)11-16-6-8-17(9-7-16)12-14-4-3-5-15-10-14/h3-5,10H,6-9,11-12H2,1-2H3. The van der Waals surface area contributed by atoms with Gasteiger partial charge in [0.2, 0.25) is 0 Å². The molecule has 1 aromatic heterocycles. The second-order valence-corrected chi connectivity index (χ2v) is 5.12. The number of piperazine rings is 1. The molecular weight excluding hydrogens is 210 g/mol. The third kappa shape index (κ3) is 4.10. The van der Waals surface area contributed by atoms with Crippen LogP contribution in [-0.4, -0.2) is 47.5 Å². The number of rotatable bonds is 4. The van der Waals surface area contributed by atoms with Gasteiger partial charge in [0.25, 0.3) is 0 Å². The van der Waals surface area contributed by atoms with E-state index in [4.69, 9.17) is 0 Å². The van der Waals surface area contributed by atoms with Crippen LogP contribution in [0, 0.1) is 5.92 Å². The summed E-state index contributed by atoms with van der Waals surface area (Å²) in [6.07, 6.45) is 3.80. The molecule has 1 aromatic rings. The van der Waals surface area contributed by atoms with E-state index in [1.165, 1.54) is 37.7 Å². The molecule has 0 amide bonds. The molecule has 1 saturated heterocycles. The van der Waals surface area contributed by atoms with Crippen LogP contribution in [0.25, 0.3) is 0 Å². The predicted molar refractivity (Wildman–Crippen MR) is 70.5 cm³/mol. The smallest absolute Gasteiger partial charge is 0.0312 e. The van der Waals surface area contributed by atoms with E-state index in [0.717, 1.165) is 13.1 Å². The number of pyridine rings is 1. The fraction of sp³-hybridized carbons (Fsp3) is 0.571. The van der Waals surface area contributed by atoms with E-state index in [9.17, 15) is 0 Å². The van der Waals surface area contributed by atoms with Gasteiger partial charge in [-0.1, -0.05) is 19.9 Å². The van der Waals surface area contributed by atoms with E-state index in [1.807, 2.05) is 18.5 Å². The Balaban J connectivity index is 1.76. The van der Waals surface area contributed by atoms with Gasteiger partial charge in [-0.3, -0.25) is 9.88 Å². The highest BCUT2D eigenvalue weighted by molar-refractivity contribution is 5.08. The lowest BCUT2D eigenvalue weighted by molar-refractivity contribution is 0.131. The van der Waals surface area contributed by atoms with Gasteiger partial charge in [0.05, 0.1) is 0 Å². The molecule has 1 aliphatic heterocycles. The van der Waals surface area contributed by atoms with E-state index in [0.29, 0.717) is 0 Å². The summed E-state index contributed by atoms with van der Waals surface area (Å²) >= 11 is 0. The Morgan fingerprint density at radius 1 is 1.18 bits per heavy atom. The van der Waals surface area contributed by atoms with Crippen molar-refractivity contribution < 1.29 is 0 Å². The second-order valence-electron chi connectivity index (χ2n) is 5.12. The highest BCUT2D eigenvalue weighted by Gasteiger charge is 2.17. The Bertz CT molecular complexity index is 315. The van der Waals surface area contributed by atoms with Crippen LogP contribution in [0.1, 0.15) is 19.4 Å². The zero-order chi connectivity index (χ0) is 12.1. The molecule has 0 spiro atoms. The Morgan fingerprint density at radius 2 is 1.88 bits per heavy atom. The molecule has 0 bridgehead atoms. The molecule has 2 heterocycles. The summed E-state index contributed by atoms with van der Waals surface area (Å²) in [5, 5.41) is 0. The van der Waals surface area contributed by atoms with Gasteiger partial charge < -0.3 is 4.90 Å². The molecule has 0 atom stereocenters. The highest BCUT2D eigenvalue weighted by atomic mass is 15.3. The van der Waals surface area contributed by atoms with E-state index in [1.54, 1.807) is 0 Å². The van der Waals surface area contributed by atoms with Crippen molar-refractivity contribution >= 4 is 0 Å². The topological polar surface area (TPSA) is 19.4 Å². The Hall–Kier alpha value is -0.930. The first-order valence-electron chi connectivity index (χ1n) is 6.36.